The SMILES string of the molecule is CC(C)(C)Oc1c(OC(O)PO)cc2oc(-c3ccccc3)cc(=O)c2c1O.CC(C)C.O=C(O)C1C(O)C1O. The van der Waals surface area contributed by atoms with Gasteiger partial charge in [0.1, 0.15) is 28.2 Å². The van der Waals surface area contributed by atoms with Crippen LogP contribution in [0, 0.1) is 11.8 Å². The first kappa shape index (κ1) is 33.0. The normalized spacial score (nSPS) is 18.9. The highest BCUT2D eigenvalue weighted by Gasteiger charge is 2.53. The lowest BCUT2D eigenvalue weighted by molar-refractivity contribution is -0.139. The summed E-state index contributed by atoms with van der Waals surface area (Å²) in [5.74, 6) is -1.54. The number of aromatic hydroxyl groups is 1. The van der Waals surface area contributed by atoms with Crippen LogP contribution in [-0.4, -0.2) is 60.2 Å². The number of aliphatic hydroxyl groups is 3. The fourth-order valence-electron chi connectivity index (χ4n) is 3.22. The third-order valence-electron chi connectivity index (χ3n) is 4.96. The van der Waals surface area contributed by atoms with Crippen molar-refractivity contribution >= 4 is 25.7 Å². The van der Waals surface area contributed by atoms with Crippen molar-refractivity contribution in [1.29, 1.82) is 0 Å². The Kier molecular flexibility index (Phi) is 11.5. The first-order valence-corrected chi connectivity index (χ1v) is 13.5. The summed E-state index contributed by atoms with van der Waals surface area (Å²) in [5, 5.41) is 45.3. The predicted octanol–water partition coefficient (Wildman–Crippen LogP) is 3.67. The highest BCUT2D eigenvalue weighted by Crippen LogP contribution is 2.45. The van der Waals surface area contributed by atoms with E-state index in [9.17, 15) is 19.8 Å². The van der Waals surface area contributed by atoms with E-state index in [0.717, 1.165) is 5.92 Å². The zero-order chi connectivity index (χ0) is 30.4. The number of carbonyl (C=O) groups is 1. The molecule has 4 rings (SSSR count). The lowest BCUT2D eigenvalue weighted by atomic mass is 10.1. The Morgan fingerprint density at radius 2 is 1.60 bits per heavy atom. The van der Waals surface area contributed by atoms with Crippen LogP contribution >= 0.6 is 8.81 Å². The van der Waals surface area contributed by atoms with Crippen LogP contribution in [0.15, 0.2) is 51.7 Å². The molecule has 1 aliphatic rings. The quantitative estimate of drug-likeness (QED) is 0.184. The van der Waals surface area contributed by atoms with E-state index in [4.69, 9.17) is 34.1 Å². The van der Waals surface area contributed by atoms with Gasteiger partial charge in [-0.3, -0.25) is 9.59 Å². The molecule has 0 amide bonds. The lowest BCUT2D eigenvalue weighted by Crippen LogP contribution is -2.24. The fraction of sp³-hybridized carbons (Fsp3) is 0.429. The Balaban J connectivity index is 0.000000387. The van der Waals surface area contributed by atoms with Gasteiger partial charge in [0.2, 0.25) is 11.8 Å². The van der Waals surface area contributed by atoms with E-state index in [-0.39, 0.29) is 22.5 Å². The monoisotopic (exact) mass is 580 g/mol. The van der Waals surface area contributed by atoms with Gasteiger partial charge >= 0.3 is 5.97 Å². The van der Waals surface area contributed by atoms with Gasteiger partial charge in [-0.1, -0.05) is 51.1 Å². The number of benzene rings is 2. The topological polar surface area (TPSA) is 187 Å². The molecule has 0 radical (unpaired) electrons. The predicted molar refractivity (Wildman–Crippen MR) is 151 cm³/mol. The lowest BCUT2D eigenvalue weighted by Gasteiger charge is -2.25. The van der Waals surface area contributed by atoms with Crippen molar-refractivity contribution in [3.63, 3.8) is 0 Å². The van der Waals surface area contributed by atoms with Crippen molar-refractivity contribution in [3.05, 3.63) is 52.7 Å². The second-order valence-corrected chi connectivity index (χ2v) is 11.4. The molecule has 12 heteroatoms. The number of aliphatic hydroxyl groups excluding tert-OH is 3. The molecule has 11 nitrogen and oxygen atoms in total. The maximum atomic E-state index is 12.7. The number of hydrogen-bond acceptors (Lipinski definition) is 10. The van der Waals surface area contributed by atoms with E-state index in [0.29, 0.717) is 11.3 Å². The molecule has 1 heterocycles. The van der Waals surface area contributed by atoms with E-state index in [1.165, 1.54) is 12.1 Å². The summed E-state index contributed by atoms with van der Waals surface area (Å²) in [6, 6.07) is 10.2. The number of phenols is 1. The number of fused-ring (bicyclic) bond motifs is 1. The second kappa shape index (κ2) is 13.9. The Labute approximate surface area is 233 Å². The average Bonchev–Trinajstić information content (AvgIpc) is 3.46. The van der Waals surface area contributed by atoms with Gasteiger partial charge in [0.05, 0.1) is 21.0 Å². The molecule has 1 aromatic heterocycles. The molecule has 2 aromatic carbocycles. The van der Waals surface area contributed by atoms with E-state index >= 15 is 0 Å². The molecule has 4 unspecified atom stereocenters. The molecule has 6 N–H and O–H groups in total. The Hall–Kier alpha value is -3.21. The third kappa shape index (κ3) is 9.18. The Morgan fingerprint density at radius 1 is 1.05 bits per heavy atom. The average molecular weight is 581 g/mol. The molecule has 0 aliphatic heterocycles. The first-order chi connectivity index (χ1) is 18.6. The molecule has 220 valence electrons. The fourth-order valence-corrected chi connectivity index (χ4v) is 3.40. The van der Waals surface area contributed by atoms with Crippen molar-refractivity contribution in [2.24, 2.45) is 11.8 Å². The highest BCUT2D eigenvalue weighted by molar-refractivity contribution is 7.31. The van der Waals surface area contributed by atoms with Crippen LogP contribution in [0.2, 0.25) is 0 Å². The zero-order valence-electron chi connectivity index (χ0n) is 23.2. The Bertz CT molecular complexity index is 1320. The van der Waals surface area contributed by atoms with Gasteiger partial charge in [-0.15, -0.1) is 0 Å². The van der Waals surface area contributed by atoms with Gasteiger partial charge in [0.15, 0.2) is 16.9 Å². The molecule has 1 saturated carbocycles. The van der Waals surface area contributed by atoms with Gasteiger partial charge in [-0.25, -0.2) is 0 Å². The van der Waals surface area contributed by atoms with Crippen LogP contribution in [0.1, 0.15) is 41.5 Å². The molecule has 40 heavy (non-hydrogen) atoms. The summed E-state index contributed by atoms with van der Waals surface area (Å²) >= 11 is 0. The van der Waals surface area contributed by atoms with Crippen LogP contribution < -0.4 is 14.9 Å². The van der Waals surface area contributed by atoms with E-state index in [1.807, 2.05) is 18.2 Å². The summed E-state index contributed by atoms with van der Waals surface area (Å²) in [6.07, 6.45) is -2.07. The largest absolute Gasteiger partial charge is 0.504 e. The van der Waals surface area contributed by atoms with Crippen molar-refractivity contribution < 1.29 is 49.1 Å². The maximum absolute atomic E-state index is 12.7. The van der Waals surface area contributed by atoms with E-state index < -0.39 is 55.7 Å². The molecular formula is C28H37O11P. The van der Waals surface area contributed by atoms with Crippen LogP contribution in [0.25, 0.3) is 22.3 Å². The number of carboxylic acids is 1. The highest BCUT2D eigenvalue weighted by atomic mass is 31.1. The van der Waals surface area contributed by atoms with Gasteiger partial charge in [-0.05, 0) is 26.7 Å². The smallest absolute Gasteiger partial charge is 0.312 e. The molecule has 1 aliphatic carbocycles. The van der Waals surface area contributed by atoms with Crippen molar-refractivity contribution in [2.75, 3.05) is 0 Å². The van der Waals surface area contributed by atoms with Crippen molar-refractivity contribution in [3.8, 4) is 28.6 Å². The second-order valence-electron chi connectivity index (χ2n) is 10.7. The molecule has 1 fully saturated rings. The standard InChI is InChI=1S/C20H21O7P.C4H6O4.C4H10/c1-20(2,3)27-18-15(26-19(23)28-24)10-14-16(17(18)22)12(21)9-13(25-14)11-7-5-4-6-8-11;5-2-1(3(2)6)4(7)8;1-4(2)3/h4-10,19,22-24,28H,1-3H3;1-3,5-6H,(H,7,8);4H,1-3H3. The zero-order valence-corrected chi connectivity index (χ0v) is 24.2. The number of ether oxygens (including phenoxy) is 2. The molecular weight excluding hydrogens is 543 g/mol. The maximum Gasteiger partial charge on any atom is 0.312 e. The minimum Gasteiger partial charge on any atom is -0.504 e. The first-order valence-electron chi connectivity index (χ1n) is 12.5. The van der Waals surface area contributed by atoms with Gasteiger partial charge in [0, 0.05) is 17.7 Å². The van der Waals surface area contributed by atoms with Gasteiger partial charge in [-0.2, -0.15) is 0 Å². The van der Waals surface area contributed by atoms with Gasteiger partial charge in [0.25, 0.3) is 0 Å². The Morgan fingerprint density at radius 3 is 2.02 bits per heavy atom. The van der Waals surface area contributed by atoms with Crippen molar-refractivity contribution in [1.82, 2.24) is 0 Å². The minimum absolute atomic E-state index is 0.0534. The van der Waals surface area contributed by atoms with Crippen LogP contribution in [0.4, 0.5) is 0 Å². The summed E-state index contributed by atoms with van der Waals surface area (Å²) in [4.78, 5) is 31.7. The number of carboxylic acid groups (broad SMARTS) is 1. The molecule has 0 spiro atoms. The third-order valence-corrected chi connectivity index (χ3v) is 5.30. The molecule has 3 aromatic rings. The molecule has 0 saturated heterocycles. The van der Waals surface area contributed by atoms with Crippen LogP contribution in [-0.2, 0) is 4.79 Å². The number of aliphatic carboxylic acids is 1. The number of hydrogen-bond donors (Lipinski definition) is 6. The van der Waals surface area contributed by atoms with E-state index in [2.05, 4.69) is 20.8 Å². The summed E-state index contributed by atoms with van der Waals surface area (Å²) in [6.45, 7) is 11.8. The summed E-state index contributed by atoms with van der Waals surface area (Å²) in [5.41, 5.74) is -0.420. The molecule has 0 bridgehead atoms. The summed E-state index contributed by atoms with van der Waals surface area (Å²) in [7, 11) is -0.908. The number of rotatable bonds is 6. The van der Waals surface area contributed by atoms with Crippen LogP contribution in [0.3, 0.4) is 0 Å². The van der Waals surface area contributed by atoms with E-state index in [1.54, 1.807) is 32.9 Å². The van der Waals surface area contributed by atoms with Crippen LogP contribution in [0.5, 0.6) is 17.2 Å². The number of phenolic OH excluding ortho intramolecular Hbond substituents is 1. The summed E-state index contributed by atoms with van der Waals surface area (Å²) < 4.78 is 16.8. The minimum atomic E-state index is -1.51. The van der Waals surface area contributed by atoms with Crippen molar-refractivity contribution in [2.45, 2.75) is 65.4 Å². The molecule has 4 atom stereocenters. The van der Waals surface area contributed by atoms with Gasteiger partial charge < -0.3 is 44.3 Å².